The molecule has 0 radical (unpaired) electrons. The number of alkyl halides is 3. The van der Waals surface area contributed by atoms with Gasteiger partial charge < -0.3 is 14.5 Å². The predicted molar refractivity (Wildman–Crippen MR) is 148 cm³/mol. The molecule has 2 atom stereocenters. The molecular formula is C29H37ClF2N4O3. The largest absolute Gasteiger partial charge is 0.444 e. The Morgan fingerprint density at radius 1 is 1.15 bits per heavy atom. The van der Waals surface area contributed by atoms with Crippen molar-refractivity contribution in [2.75, 3.05) is 37.0 Å². The van der Waals surface area contributed by atoms with E-state index in [4.69, 9.17) is 16.3 Å². The number of anilines is 1. The van der Waals surface area contributed by atoms with Crippen molar-refractivity contribution in [3.63, 3.8) is 0 Å². The fraction of sp³-hybridized carbons (Fsp3) is 0.552. The van der Waals surface area contributed by atoms with Gasteiger partial charge in [-0.2, -0.15) is 8.78 Å². The average molecular weight is 563 g/mol. The summed E-state index contributed by atoms with van der Waals surface area (Å²) in [4.78, 5) is 35.8. The maximum Gasteiger partial charge on any atom is 0.410 e. The van der Waals surface area contributed by atoms with Gasteiger partial charge in [-0.3, -0.25) is 14.7 Å². The second-order valence-corrected chi connectivity index (χ2v) is 12.4. The molecule has 2 aliphatic heterocycles. The van der Waals surface area contributed by atoms with Crippen molar-refractivity contribution in [2.24, 2.45) is 0 Å². The quantitative estimate of drug-likeness (QED) is 0.457. The lowest BCUT2D eigenvalue weighted by atomic mass is 9.88. The number of ether oxygens (including phenoxy) is 1. The van der Waals surface area contributed by atoms with Crippen LogP contribution in [0.4, 0.5) is 19.3 Å². The lowest BCUT2D eigenvalue weighted by Gasteiger charge is -2.44. The van der Waals surface area contributed by atoms with Crippen molar-refractivity contribution in [3.8, 4) is 0 Å². The zero-order chi connectivity index (χ0) is 28.8. The van der Waals surface area contributed by atoms with Gasteiger partial charge >= 0.3 is 12.0 Å². The summed E-state index contributed by atoms with van der Waals surface area (Å²) in [5, 5.41) is 0. The molecule has 0 spiro atoms. The number of hydrogen-bond donors (Lipinski definition) is 0. The SMILES string of the molecule is CC1CN(CC(=O)N2CC(C)(C)c3cnc(C(F)(F)c4ccccc4)cc32)C(CCl)CN1C(=O)OC(C)(C)C. The standard InChI is InChI=1S/C29H37ClF2N4O3/c1-19-15-34(21(13-30)16-35(19)26(38)39-27(2,3)4)17-25(37)36-18-28(5,6)22-14-33-24(12-23(22)36)29(31,32)20-10-8-7-9-11-20/h7-12,14,19,21H,13,15-18H2,1-6H3. The minimum atomic E-state index is -3.31. The number of aromatic nitrogens is 1. The van der Waals surface area contributed by atoms with Crippen LogP contribution < -0.4 is 4.90 Å². The number of halogens is 3. The number of carbonyl (C=O) groups is 2. The molecule has 2 aromatic rings. The number of benzene rings is 1. The second kappa shape index (κ2) is 10.7. The van der Waals surface area contributed by atoms with Crippen LogP contribution in [-0.4, -0.2) is 76.5 Å². The molecule has 0 bridgehead atoms. The van der Waals surface area contributed by atoms with E-state index in [1.165, 1.54) is 24.4 Å². The van der Waals surface area contributed by atoms with Crippen LogP contribution in [0.3, 0.4) is 0 Å². The molecule has 1 saturated heterocycles. The normalized spacial score (nSPS) is 21.6. The van der Waals surface area contributed by atoms with E-state index in [1.807, 2.05) is 46.4 Å². The van der Waals surface area contributed by atoms with E-state index in [-0.39, 0.29) is 36.0 Å². The highest BCUT2D eigenvalue weighted by Crippen LogP contribution is 2.43. The summed E-state index contributed by atoms with van der Waals surface area (Å²) in [6.07, 6.45) is 1.06. The van der Waals surface area contributed by atoms with E-state index in [2.05, 4.69) is 4.98 Å². The maximum absolute atomic E-state index is 15.4. The number of hydrogen-bond acceptors (Lipinski definition) is 5. The zero-order valence-corrected chi connectivity index (χ0v) is 24.1. The van der Waals surface area contributed by atoms with Crippen molar-refractivity contribution in [1.29, 1.82) is 0 Å². The van der Waals surface area contributed by atoms with Crippen LogP contribution in [0.2, 0.25) is 0 Å². The van der Waals surface area contributed by atoms with Gasteiger partial charge in [0, 0.05) is 60.3 Å². The minimum absolute atomic E-state index is 0.0478. The Bertz CT molecular complexity index is 1220. The number of piperazine rings is 1. The van der Waals surface area contributed by atoms with Crippen LogP contribution in [0.25, 0.3) is 0 Å². The Hall–Kier alpha value is -2.78. The van der Waals surface area contributed by atoms with Gasteiger partial charge in [0.05, 0.1) is 12.2 Å². The molecule has 1 fully saturated rings. The summed E-state index contributed by atoms with van der Waals surface area (Å²) in [6.45, 7) is 12.4. The predicted octanol–water partition coefficient (Wildman–Crippen LogP) is 5.39. The monoisotopic (exact) mass is 562 g/mol. The molecule has 0 saturated carbocycles. The molecule has 7 nitrogen and oxygen atoms in total. The molecule has 10 heteroatoms. The fourth-order valence-electron chi connectivity index (χ4n) is 5.23. The first kappa shape index (κ1) is 29.2. The molecule has 4 rings (SSSR count). The molecule has 3 heterocycles. The number of amides is 2. The van der Waals surface area contributed by atoms with Gasteiger partial charge in [-0.1, -0.05) is 44.2 Å². The van der Waals surface area contributed by atoms with Gasteiger partial charge in [-0.05, 0) is 33.8 Å². The van der Waals surface area contributed by atoms with Crippen molar-refractivity contribution >= 4 is 29.3 Å². The number of rotatable bonds is 5. The van der Waals surface area contributed by atoms with Gasteiger partial charge in [0.15, 0.2) is 0 Å². The van der Waals surface area contributed by atoms with E-state index in [0.29, 0.717) is 25.3 Å². The number of pyridine rings is 1. The Balaban J connectivity index is 1.55. The van der Waals surface area contributed by atoms with Crippen LogP contribution in [-0.2, 0) is 20.9 Å². The Labute approximate surface area is 234 Å². The van der Waals surface area contributed by atoms with E-state index < -0.39 is 28.7 Å². The first-order valence-electron chi connectivity index (χ1n) is 13.2. The van der Waals surface area contributed by atoms with Crippen molar-refractivity contribution in [2.45, 2.75) is 70.6 Å². The van der Waals surface area contributed by atoms with E-state index in [0.717, 1.165) is 5.56 Å². The van der Waals surface area contributed by atoms with E-state index in [1.54, 1.807) is 28.0 Å². The van der Waals surface area contributed by atoms with E-state index >= 15 is 8.78 Å². The Morgan fingerprint density at radius 2 is 1.82 bits per heavy atom. The number of carbonyl (C=O) groups excluding carboxylic acids is 2. The summed E-state index contributed by atoms with van der Waals surface area (Å²) < 4.78 is 36.3. The highest BCUT2D eigenvalue weighted by molar-refractivity contribution is 6.18. The molecule has 2 aliphatic rings. The summed E-state index contributed by atoms with van der Waals surface area (Å²) in [7, 11) is 0. The van der Waals surface area contributed by atoms with Gasteiger partial charge in [0.1, 0.15) is 11.3 Å². The third-order valence-corrected chi connectivity index (χ3v) is 7.67. The van der Waals surface area contributed by atoms with Gasteiger partial charge in [-0.15, -0.1) is 11.6 Å². The van der Waals surface area contributed by atoms with E-state index in [9.17, 15) is 9.59 Å². The van der Waals surface area contributed by atoms with Gasteiger partial charge in [0.25, 0.3) is 0 Å². The van der Waals surface area contributed by atoms with Gasteiger partial charge in [0.2, 0.25) is 5.91 Å². The third kappa shape index (κ3) is 6.04. The average Bonchev–Trinajstić information content (AvgIpc) is 3.14. The minimum Gasteiger partial charge on any atom is -0.444 e. The Kier molecular flexibility index (Phi) is 7.98. The molecule has 2 unspecified atom stereocenters. The lowest BCUT2D eigenvalue weighted by molar-refractivity contribution is -0.121. The Morgan fingerprint density at radius 3 is 2.44 bits per heavy atom. The molecule has 0 aliphatic carbocycles. The smallest absolute Gasteiger partial charge is 0.410 e. The van der Waals surface area contributed by atoms with Crippen LogP contribution in [0, 0.1) is 0 Å². The molecular weight excluding hydrogens is 526 g/mol. The van der Waals surface area contributed by atoms with Crippen molar-refractivity contribution in [1.82, 2.24) is 14.8 Å². The number of nitrogens with zero attached hydrogens (tertiary/aromatic N) is 4. The van der Waals surface area contributed by atoms with Crippen LogP contribution in [0.5, 0.6) is 0 Å². The summed E-state index contributed by atoms with van der Waals surface area (Å²) >= 11 is 6.29. The van der Waals surface area contributed by atoms with Crippen molar-refractivity contribution < 1.29 is 23.1 Å². The highest BCUT2D eigenvalue weighted by Gasteiger charge is 2.43. The maximum atomic E-state index is 15.4. The first-order chi connectivity index (χ1) is 18.1. The van der Waals surface area contributed by atoms with Gasteiger partial charge in [-0.25, -0.2) is 4.79 Å². The first-order valence-corrected chi connectivity index (χ1v) is 13.7. The molecule has 1 aromatic heterocycles. The topological polar surface area (TPSA) is 66.0 Å². The zero-order valence-electron chi connectivity index (χ0n) is 23.4. The lowest BCUT2D eigenvalue weighted by Crippen LogP contribution is -2.61. The van der Waals surface area contributed by atoms with Crippen LogP contribution in [0.15, 0.2) is 42.6 Å². The summed E-state index contributed by atoms with van der Waals surface area (Å²) in [6, 6.07) is 8.43. The molecule has 0 N–H and O–H groups in total. The summed E-state index contributed by atoms with van der Waals surface area (Å²) in [5.41, 5.74) is -0.432. The molecule has 39 heavy (non-hydrogen) atoms. The fourth-order valence-corrected chi connectivity index (χ4v) is 5.52. The number of fused-ring (bicyclic) bond motifs is 1. The molecule has 2 amide bonds. The van der Waals surface area contributed by atoms with Crippen molar-refractivity contribution in [3.05, 3.63) is 59.4 Å². The summed E-state index contributed by atoms with van der Waals surface area (Å²) in [5.74, 6) is -3.30. The highest BCUT2D eigenvalue weighted by atomic mass is 35.5. The molecule has 212 valence electrons. The molecule has 1 aromatic carbocycles. The van der Waals surface area contributed by atoms with Crippen LogP contribution in [0.1, 0.15) is 58.4 Å². The second-order valence-electron chi connectivity index (χ2n) is 12.1. The van der Waals surface area contributed by atoms with Crippen LogP contribution >= 0.6 is 11.6 Å². The third-order valence-electron chi connectivity index (χ3n) is 7.31.